The number of aryl methyl sites for hydroxylation is 1. The number of ketones is 2. The molecule has 0 amide bonds. The van der Waals surface area contributed by atoms with Crippen molar-refractivity contribution in [3.05, 3.63) is 21.9 Å². The molecule has 0 spiro atoms. The molecular weight excluding hydrogens is 240 g/mol. The van der Waals surface area contributed by atoms with Crippen molar-refractivity contribution in [2.75, 3.05) is 6.61 Å². The quantitative estimate of drug-likeness (QED) is 0.337. The summed E-state index contributed by atoms with van der Waals surface area (Å²) in [5.41, 5.74) is 0. The van der Waals surface area contributed by atoms with Crippen LogP contribution in [0.25, 0.3) is 0 Å². The highest BCUT2D eigenvalue weighted by Crippen LogP contribution is 2.18. The van der Waals surface area contributed by atoms with Crippen molar-refractivity contribution < 1.29 is 19.1 Å². The fourth-order valence-electron chi connectivity index (χ4n) is 1.23. The van der Waals surface area contributed by atoms with Gasteiger partial charge in [-0.05, 0) is 25.5 Å². The first-order chi connectivity index (χ1) is 8.08. The molecule has 0 radical (unpaired) electrons. The van der Waals surface area contributed by atoms with Gasteiger partial charge in [-0.25, -0.2) is 4.79 Å². The summed E-state index contributed by atoms with van der Waals surface area (Å²) < 4.78 is 4.53. The number of esters is 1. The van der Waals surface area contributed by atoms with E-state index in [0.29, 0.717) is 4.88 Å². The first-order valence-electron chi connectivity index (χ1n) is 5.40. The summed E-state index contributed by atoms with van der Waals surface area (Å²) in [5.74, 6) is -2.05. The molecular formula is C12H14O4S. The van der Waals surface area contributed by atoms with Crippen LogP contribution in [0, 0.1) is 0 Å². The molecule has 1 rings (SSSR count). The smallest absolute Gasteiger partial charge is 0.375 e. The summed E-state index contributed by atoms with van der Waals surface area (Å²) in [4.78, 5) is 35.6. The van der Waals surface area contributed by atoms with E-state index >= 15 is 0 Å². The molecule has 0 fully saturated rings. The van der Waals surface area contributed by atoms with Crippen molar-refractivity contribution in [3.8, 4) is 0 Å². The maximum atomic E-state index is 11.7. The lowest BCUT2D eigenvalue weighted by atomic mass is 10.2. The van der Waals surface area contributed by atoms with E-state index in [1.165, 1.54) is 11.3 Å². The topological polar surface area (TPSA) is 60.4 Å². The molecule has 92 valence electrons. The van der Waals surface area contributed by atoms with Crippen LogP contribution in [0.3, 0.4) is 0 Å². The summed E-state index contributed by atoms with van der Waals surface area (Å²) in [6, 6.07) is 3.54. The molecule has 0 aliphatic carbocycles. The number of carbonyl (C=O) groups is 3. The minimum atomic E-state index is -0.937. The van der Waals surface area contributed by atoms with Crippen LogP contribution in [0.2, 0.25) is 0 Å². The van der Waals surface area contributed by atoms with E-state index in [0.717, 1.165) is 11.3 Å². The zero-order chi connectivity index (χ0) is 12.8. The van der Waals surface area contributed by atoms with E-state index in [2.05, 4.69) is 4.74 Å². The Balaban J connectivity index is 2.60. The lowest BCUT2D eigenvalue weighted by Gasteiger charge is -1.99. The van der Waals surface area contributed by atoms with Gasteiger partial charge in [0.15, 0.2) is 5.78 Å². The van der Waals surface area contributed by atoms with Crippen molar-refractivity contribution in [3.63, 3.8) is 0 Å². The van der Waals surface area contributed by atoms with E-state index in [9.17, 15) is 14.4 Å². The zero-order valence-electron chi connectivity index (χ0n) is 9.82. The Morgan fingerprint density at radius 3 is 2.47 bits per heavy atom. The molecule has 0 bridgehead atoms. The van der Waals surface area contributed by atoms with Crippen LogP contribution in [0.4, 0.5) is 0 Å². The maximum Gasteiger partial charge on any atom is 0.375 e. The SMILES string of the molecule is CCOC(=O)C(=O)CC(=O)c1ccc(CC)s1. The van der Waals surface area contributed by atoms with Crippen LogP contribution in [0.1, 0.15) is 34.8 Å². The Kier molecular flexibility index (Phi) is 5.03. The first kappa shape index (κ1) is 13.6. The van der Waals surface area contributed by atoms with Crippen molar-refractivity contribution >= 4 is 28.9 Å². The van der Waals surface area contributed by atoms with Crippen molar-refractivity contribution in [2.24, 2.45) is 0 Å². The van der Waals surface area contributed by atoms with Crippen LogP contribution in [-0.4, -0.2) is 24.1 Å². The Morgan fingerprint density at radius 1 is 1.24 bits per heavy atom. The Labute approximate surface area is 104 Å². The second kappa shape index (κ2) is 6.30. The zero-order valence-corrected chi connectivity index (χ0v) is 10.6. The summed E-state index contributed by atoms with van der Waals surface area (Å²) in [6.07, 6.45) is 0.437. The monoisotopic (exact) mass is 254 g/mol. The number of hydrogen-bond acceptors (Lipinski definition) is 5. The van der Waals surface area contributed by atoms with E-state index in [-0.39, 0.29) is 12.4 Å². The number of thiophene rings is 1. The summed E-state index contributed by atoms with van der Waals surface area (Å²) in [7, 11) is 0. The van der Waals surface area contributed by atoms with Gasteiger partial charge >= 0.3 is 5.97 Å². The van der Waals surface area contributed by atoms with Crippen LogP contribution in [0.5, 0.6) is 0 Å². The molecule has 0 saturated carbocycles. The predicted octanol–water partition coefficient (Wildman–Crippen LogP) is 2.02. The fraction of sp³-hybridized carbons (Fsp3) is 0.417. The number of ether oxygens (including phenoxy) is 1. The van der Waals surface area contributed by atoms with Gasteiger partial charge in [-0.2, -0.15) is 0 Å². The van der Waals surface area contributed by atoms with E-state index in [1.807, 2.05) is 13.0 Å². The minimum absolute atomic E-state index is 0.137. The van der Waals surface area contributed by atoms with Gasteiger partial charge in [0.25, 0.3) is 0 Å². The van der Waals surface area contributed by atoms with Crippen LogP contribution in [-0.2, 0) is 20.7 Å². The maximum absolute atomic E-state index is 11.7. The highest BCUT2D eigenvalue weighted by atomic mass is 32.1. The van der Waals surface area contributed by atoms with Gasteiger partial charge in [0.1, 0.15) is 0 Å². The van der Waals surface area contributed by atoms with Gasteiger partial charge in [0, 0.05) is 4.88 Å². The Bertz CT molecular complexity index is 433. The second-order valence-corrected chi connectivity index (χ2v) is 4.53. The first-order valence-corrected chi connectivity index (χ1v) is 6.22. The van der Waals surface area contributed by atoms with E-state index in [4.69, 9.17) is 0 Å². The van der Waals surface area contributed by atoms with Crippen LogP contribution < -0.4 is 0 Å². The lowest BCUT2D eigenvalue weighted by Crippen LogP contribution is -2.20. The molecule has 1 aromatic rings. The Hall–Kier alpha value is -1.49. The van der Waals surface area contributed by atoms with Crippen molar-refractivity contribution in [1.82, 2.24) is 0 Å². The average molecular weight is 254 g/mol. The molecule has 1 heterocycles. The molecule has 0 unspecified atom stereocenters. The van der Waals surface area contributed by atoms with Gasteiger partial charge < -0.3 is 4.74 Å². The molecule has 5 heteroatoms. The van der Waals surface area contributed by atoms with Gasteiger partial charge in [-0.15, -0.1) is 11.3 Å². The van der Waals surface area contributed by atoms with Gasteiger partial charge in [-0.1, -0.05) is 6.92 Å². The van der Waals surface area contributed by atoms with Gasteiger partial charge in [-0.3, -0.25) is 9.59 Å². The average Bonchev–Trinajstić information content (AvgIpc) is 2.77. The molecule has 0 N–H and O–H groups in total. The second-order valence-electron chi connectivity index (χ2n) is 3.36. The minimum Gasteiger partial charge on any atom is -0.460 e. The highest BCUT2D eigenvalue weighted by molar-refractivity contribution is 7.14. The largest absolute Gasteiger partial charge is 0.460 e. The number of Topliss-reactive ketones (excluding diaryl/α,β-unsaturated/α-hetero) is 2. The standard InChI is InChI=1S/C12H14O4S/c1-3-8-5-6-11(17-8)9(13)7-10(14)12(15)16-4-2/h5-6H,3-4,7H2,1-2H3. The third-order valence-corrected chi connectivity index (χ3v) is 3.38. The van der Waals surface area contributed by atoms with Gasteiger partial charge in [0.05, 0.1) is 17.9 Å². The third kappa shape index (κ3) is 3.78. The molecule has 0 saturated heterocycles. The Morgan fingerprint density at radius 2 is 1.94 bits per heavy atom. The summed E-state index contributed by atoms with van der Waals surface area (Å²) in [6.45, 7) is 3.74. The third-order valence-electron chi connectivity index (χ3n) is 2.11. The predicted molar refractivity (Wildman–Crippen MR) is 64.3 cm³/mol. The fourth-order valence-corrected chi connectivity index (χ4v) is 2.12. The normalized spacial score (nSPS) is 10.0. The van der Waals surface area contributed by atoms with E-state index in [1.54, 1.807) is 13.0 Å². The lowest BCUT2D eigenvalue weighted by molar-refractivity contribution is -0.153. The van der Waals surface area contributed by atoms with Crippen molar-refractivity contribution in [1.29, 1.82) is 0 Å². The molecule has 17 heavy (non-hydrogen) atoms. The summed E-state index contributed by atoms with van der Waals surface area (Å²) >= 11 is 1.35. The van der Waals surface area contributed by atoms with E-state index < -0.39 is 18.2 Å². The molecule has 4 nitrogen and oxygen atoms in total. The molecule has 0 atom stereocenters. The molecule has 0 aromatic carbocycles. The van der Waals surface area contributed by atoms with Crippen LogP contribution in [0.15, 0.2) is 12.1 Å². The molecule has 0 aliphatic rings. The highest BCUT2D eigenvalue weighted by Gasteiger charge is 2.20. The number of carbonyl (C=O) groups excluding carboxylic acids is 3. The van der Waals surface area contributed by atoms with Gasteiger partial charge in [0.2, 0.25) is 5.78 Å². The number of hydrogen-bond donors (Lipinski definition) is 0. The van der Waals surface area contributed by atoms with Crippen LogP contribution >= 0.6 is 11.3 Å². The summed E-state index contributed by atoms with van der Waals surface area (Å²) in [5, 5.41) is 0. The molecule has 1 aromatic heterocycles. The molecule has 0 aliphatic heterocycles. The van der Waals surface area contributed by atoms with Crippen molar-refractivity contribution in [2.45, 2.75) is 26.7 Å². The number of rotatable bonds is 6.